The fraction of sp³-hybridized carbons (Fsp3) is 0.125. The molecule has 1 amide bonds. The maximum atomic E-state index is 12.1. The summed E-state index contributed by atoms with van der Waals surface area (Å²) in [4.78, 5) is 33.9. The van der Waals surface area contributed by atoms with Gasteiger partial charge in [-0.15, -0.1) is 0 Å². The van der Waals surface area contributed by atoms with E-state index in [-0.39, 0.29) is 21.8 Å². The first-order chi connectivity index (χ1) is 10.9. The minimum absolute atomic E-state index is 0.155. The summed E-state index contributed by atoms with van der Waals surface area (Å²) in [7, 11) is 0. The quantitative estimate of drug-likeness (QED) is 0.636. The number of thioether (sulfide) groups is 1. The van der Waals surface area contributed by atoms with E-state index in [0.717, 1.165) is 22.5 Å². The number of imidazole rings is 1. The number of H-pyrrole nitrogens is 1. The van der Waals surface area contributed by atoms with Crippen LogP contribution in [0, 0.1) is 6.92 Å². The average Bonchev–Trinajstić information content (AvgIpc) is 2.79. The normalized spacial score (nSPS) is 15.0. The minimum Gasteiger partial charge on any atom is -0.492 e. The molecule has 0 spiro atoms. The highest BCUT2D eigenvalue weighted by atomic mass is 32.2. The van der Waals surface area contributed by atoms with Crippen LogP contribution in [-0.4, -0.2) is 26.1 Å². The Hall–Kier alpha value is -2.67. The third-order valence-electron chi connectivity index (χ3n) is 3.20. The van der Waals surface area contributed by atoms with Crippen molar-refractivity contribution in [2.45, 2.75) is 19.0 Å². The molecule has 23 heavy (non-hydrogen) atoms. The fourth-order valence-electron chi connectivity index (χ4n) is 2.18. The molecule has 0 saturated heterocycles. The fourth-order valence-corrected chi connectivity index (χ4v) is 2.74. The summed E-state index contributed by atoms with van der Waals surface area (Å²) < 4.78 is 0. The summed E-state index contributed by atoms with van der Waals surface area (Å²) in [6.45, 7) is 3.33. The van der Waals surface area contributed by atoms with E-state index in [2.05, 4.69) is 15.0 Å². The maximum absolute atomic E-state index is 12.1. The van der Waals surface area contributed by atoms with Crippen molar-refractivity contribution in [2.75, 3.05) is 0 Å². The Labute approximate surface area is 135 Å². The molecule has 0 atom stereocenters. The van der Waals surface area contributed by atoms with Crippen molar-refractivity contribution in [3.8, 4) is 5.88 Å². The Balaban J connectivity index is 2.03. The van der Waals surface area contributed by atoms with Gasteiger partial charge in [0.1, 0.15) is 5.69 Å². The van der Waals surface area contributed by atoms with Crippen LogP contribution >= 0.6 is 11.8 Å². The number of carbonyl (C=O) groups is 2. The SMILES string of the molecule is CC(=O)Sc1nc(O)c(C=C2C=c3ccc(C)cc3=NC2=O)[nH]1. The predicted octanol–water partition coefficient (Wildman–Crippen LogP) is 1.09. The average molecular weight is 327 g/mol. The second-order valence-corrected chi connectivity index (χ2v) is 6.26. The molecular weight excluding hydrogens is 314 g/mol. The molecule has 0 unspecified atom stereocenters. The molecule has 6 nitrogen and oxygen atoms in total. The highest BCUT2D eigenvalue weighted by Gasteiger charge is 2.14. The summed E-state index contributed by atoms with van der Waals surface area (Å²) in [6.07, 6.45) is 3.18. The number of nitrogens with one attached hydrogen (secondary N) is 1. The van der Waals surface area contributed by atoms with E-state index < -0.39 is 5.91 Å². The lowest BCUT2D eigenvalue weighted by Crippen LogP contribution is -2.30. The number of nitrogens with zero attached hydrogens (tertiary/aromatic N) is 2. The number of aromatic amines is 1. The molecule has 2 N–H and O–H groups in total. The van der Waals surface area contributed by atoms with Crippen LogP contribution in [0.25, 0.3) is 12.2 Å². The van der Waals surface area contributed by atoms with E-state index in [9.17, 15) is 14.7 Å². The van der Waals surface area contributed by atoms with Crippen LogP contribution in [0.3, 0.4) is 0 Å². The van der Waals surface area contributed by atoms with Crippen LogP contribution in [0.1, 0.15) is 18.2 Å². The van der Waals surface area contributed by atoms with Crippen molar-refractivity contribution < 1.29 is 14.7 Å². The number of amides is 1. The number of hydrogen-bond donors (Lipinski definition) is 2. The van der Waals surface area contributed by atoms with Gasteiger partial charge in [-0.3, -0.25) is 9.59 Å². The third kappa shape index (κ3) is 3.24. The number of fused-ring (bicyclic) bond motifs is 1. The third-order valence-corrected chi connectivity index (χ3v) is 3.87. The molecule has 2 heterocycles. The zero-order valence-electron chi connectivity index (χ0n) is 12.5. The first kappa shape index (κ1) is 15.2. The molecular formula is C16H13N3O3S. The van der Waals surface area contributed by atoms with Crippen molar-refractivity contribution >= 4 is 34.9 Å². The van der Waals surface area contributed by atoms with Gasteiger partial charge in [0, 0.05) is 17.7 Å². The van der Waals surface area contributed by atoms with E-state index >= 15 is 0 Å². The lowest BCUT2D eigenvalue weighted by Gasteiger charge is -2.03. The molecule has 1 aromatic heterocycles. The molecule has 0 aliphatic carbocycles. The van der Waals surface area contributed by atoms with E-state index in [4.69, 9.17) is 0 Å². The van der Waals surface area contributed by atoms with Crippen molar-refractivity contribution in [1.29, 1.82) is 0 Å². The molecule has 1 aliphatic rings. The summed E-state index contributed by atoms with van der Waals surface area (Å²) >= 11 is 0.873. The number of aryl methyl sites for hydroxylation is 1. The molecule has 7 heteroatoms. The standard InChI is InChI=1S/C16H13N3O3S/c1-8-3-4-10-6-11(14(21)17-12(10)5-8)7-13-15(22)19-16(18-13)23-9(2)20/h3-7,22H,1-2H3,(H,18,19). The first-order valence-corrected chi connectivity index (χ1v) is 7.64. The zero-order valence-corrected chi connectivity index (χ0v) is 13.3. The Morgan fingerprint density at radius 1 is 1.39 bits per heavy atom. The number of carbonyl (C=O) groups excluding carboxylic acids is 2. The monoisotopic (exact) mass is 327 g/mol. The molecule has 0 fully saturated rings. The van der Waals surface area contributed by atoms with Gasteiger partial charge in [-0.2, -0.15) is 4.98 Å². The number of rotatable bonds is 2. The van der Waals surface area contributed by atoms with Gasteiger partial charge >= 0.3 is 0 Å². The van der Waals surface area contributed by atoms with E-state index in [1.807, 2.05) is 25.1 Å². The lowest BCUT2D eigenvalue weighted by atomic mass is 10.1. The van der Waals surface area contributed by atoms with Crippen molar-refractivity contribution in [3.05, 3.63) is 45.6 Å². The second-order valence-electron chi connectivity index (χ2n) is 5.10. The molecule has 2 aromatic rings. The first-order valence-electron chi connectivity index (χ1n) is 6.83. The summed E-state index contributed by atoms with van der Waals surface area (Å²) in [5.74, 6) is -0.657. The van der Waals surface area contributed by atoms with Crippen LogP contribution in [0.2, 0.25) is 0 Å². The van der Waals surface area contributed by atoms with Gasteiger partial charge in [-0.1, -0.05) is 12.1 Å². The van der Waals surface area contributed by atoms with Gasteiger partial charge in [0.2, 0.25) is 5.88 Å². The highest BCUT2D eigenvalue weighted by Crippen LogP contribution is 2.24. The number of hydrogen-bond acceptors (Lipinski definition) is 5. The van der Waals surface area contributed by atoms with Crippen LogP contribution in [0.4, 0.5) is 0 Å². The van der Waals surface area contributed by atoms with Gasteiger partial charge in [0.05, 0.1) is 5.36 Å². The predicted molar refractivity (Wildman–Crippen MR) is 86.2 cm³/mol. The minimum atomic E-state index is -0.391. The van der Waals surface area contributed by atoms with E-state index in [1.165, 1.54) is 13.0 Å². The summed E-state index contributed by atoms with van der Waals surface area (Å²) in [6, 6.07) is 5.67. The van der Waals surface area contributed by atoms with Crippen LogP contribution in [-0.2, 0) is 9.59 Å². The topological polar surface area (TPSA) is 95.4 Å². The van der Waals surface area contributed by atoms with Gasteiger partial charge < -0.3 is 10.1 Å². The zero-order chi connectivity index (χ0) is 16.6. The van der Waals surface area contributed by atoms with Gasteiger partial charge in [-0.25, -0.2) is 4.99 Å². The Morgan fingerprint density at radius 3 is 2.91 bits per heavy atom. The summed E-state index contributed by atoms with van der Waals surface area (Å²) in [5, 5.41) is 11.4. The second kappa shape index (κ2) is 5.85. The van der Waals surface area contributed by atoms with Gasteiger partial charge in [-0.05, 0) is 42.5 Å². The molecule has 0 bridgehead atoms. The van der Waals surface area contributed by atoms with E-state index in [0.29, 0.717) is 10.9 Å². The van der Waals surface area contributed by atoms with Crippen molar-refractivity contribution in [3.63, 3.8) is 0 Å². The number of aromatic hydroxyl groups is 1. The Morgan fingerprint density at radius 2 is 2.17 bits per heavy atom. The van der Waals surface area contributed by atoms with Gasteiger partial charge in [0.25, 0.3) is 5.91 Å². The van der Waals surface area contributed by atoms with Crippen LogP contribution < -0.4 is 10.6 Å². The number of aromatic nitrogens is 2. The Bertz CT molecular complexity index is 973. The molecule has 1 aromatic carbocycles. The summed E-state index contributed by atoms with van der Waals surface area (Å²) in [5.41, 5.74) is 1.62. The van der Waals surface area contributed by atoms with Gasteiger partial charge in [0.15, 0.2) is 10.3 Å². The van der Waals surface area contributed by atoms with Crippen molar-refractivity contribution in [1.82, 2.24) is 9.97 Å². The molecule has 3 rings (SSSR count). The highest BCUT2D eigenvalue weighted by molar-refractivity contribution is 8.13. The lowest BCUT2D eigenvalue weighted by molar-refractivity contribution is -0.114. The molecule has 116 valence electrons. The largest absolute Gasteiger partial charge is 0.492 e. The van der Waals surface area contributed by atoms with Crippen molar-refractivity contribution in [2.24, 2.45) is 4.99 Å². The Kier molecular flexibility index (Phi) is 3.87. The van der Waals surface area contributed by atoms with E-state index in [1.54, 1.807) is 6.08 Å². The molecule has 0 radical (unpaired) electrons. The molecule has 1 aliphatic heterocycles. The number of benzene rings is 1. The maximum Gasteiger partial charge on any atom is 0.277 e. The smallest absolute Gasteiger partial charge is 0.277 e. The molecule has 0 saturated carbocycles. The van der Waals surface area contributed by atoms with Crippen LogP contribution in [0.5, 0.6) is 5.88 Å². The van der Waals surface area contributed by atoms with Crippen LogP contribution in [0.15, 0.2) is 33.9 Å².